The van der Waals surface area contributed by atoms with E-state index < -0.39 is 36.1 Å². The van der Waals surface area contributed by atoms with Crippen molar-refractivity contribution in [3.8, 4) is 11.1 Å². The van der Waals surface area contributed by atoms with Gasteiger partial charge in [-0.15, -0.1) is 0 Å². The fourth-order valence-corrected chi connectivity index (χ4v) is 9.31. The van der Waals surface area contributed by atoms with E-state index in [1.54, 1.807) is 53.0 Å². The van der Waals surface area contributed by atoms with E-state index in [0.717, 1.165) is 34.6 Å². The first-order valence-electron chi connectivity index (χ1n) is 20.3. The van der Waals surface area contributed by atoms with Gasteiger partial charge in [-0.25, -0.2) is 8.78 Å². The van der Waals surface area contributed by atoms with E-state index in [1.807, 2.05) is 11.0 Å². The van der Waals surface area contributed by atoms with Crippen LogP contribution >= 0.6 is 0 Å². The Morgan fingerprint density at radius 1 is 0.917 bits per heavy atom. The number of rotatable bonds is 8. The molecule has 2 saturated heterocycles. The number of anilines is 3. The monoisotopic (exact) mass is 822 g/mol. The minimum absolute atomic E-state index is 0.0238. The summed E-state index contributed by atoms with van der Waals surface area (Å²) in [5.41, 5.74) is 5.32. The fourth-order valence-electron chi connectivity index (χ4n) is 9.31. The molecular formula is C42H44F2N10O6. The molecule has 5 aliphatic rings. The van der Waals surface area contributed by atoms with Gasteiger partial charge in [-0.1, -0.05) is 0 Å². The summed E-state index contributed by atoms with van der Waals surface area (Å²) in [6.45, 7) is 3.91. The predicted octanol–water partition coefficient (Wildman–Crippen LogP) is 3.89. The topological polar surface area (TPSA) is 175 Å². The van der Waals surface area contributed by atoms with E-state index in [2.05, 4.69) is 20.4 Å². The molecule has 18 heteroatoms. The van der Waals surface area contributed by atoms with Crippen LogP contribution in [-0.4, -0.2) is 108 Å². The zero-order chi connectivity index (χ0) is 42.0. The SMILES string of the molecule is CC(=O)N1CCc2c(c(N3CCCc4cc(-c5cnn(C)c5)c(C(F)F)cc43)nn2C2CCN(C(=O)CNc3ccc4c(c3)C(=O)N(C3CCC(=O)NC3=O)C4=O)CC2)C1. The number of carbonyl (C=O) groups is 6. The molecule has 0 spiro atoms. The van der Waals surface area contributed by atoms with Crippen LogP contribution in [-0.2, 0) is 45.6 Å². The van der Waals surface area contributed by atoms with Crippen LogP contribution in [0, 0.1) is 0 Å². The highest BCUT2D eigenvalue weighted by molar-refractivity contribution is 6.23. The van der Waals surface area contributed by atoms with E-state index in [1.165, 1.54) is 12.1 Å². The van der Waals surface area contributed by atoms with Crippen LogP contribution in [0.1, 0.15) is 94.6 Å². The molecule has 312 valence electrons. The molecule has 6 amide bonds. The summed E-state index contributed by atoms with van der Waals surface area (Å²) in [5.74, 6) is -1.89. The summed E-state index contributed by atoms with van der Waals surface area (Å²) in [7, 11) is 1.75. The second-order valence-corrected chi connectivity index (χ2v) is 16.1. The molecule has 2 aromatic heterocycles. The quantitative estimate of drug-likeness (QED) is 0.248. The smallest absolute Gasteiger partial charge is 0.264 e. The molecule has 2 N–H and O–H groups in total. The third-order valence-electron chi connectivity index (χ3n) is 12.4. The Bertz CT molecular complexity index is 2470. The largest absolute Gasteiger partial charge is 0.376 e. The van der Waals surface area contributed by atoms with Crippen LogP contribution in [0.4, 0.5) is 26.0 Å². The Morgan fingerprint density at radius 3 is 2.42 bits per heavy atom. The van der Waals surface area contributed by atoms with Crippen molar-refractivity contribution in [1.82, 2.24) is 39.6 Å². The van der Waals surface area contributed by atoms with Gasteiger partial charge in [-0.05, 0) is 73.6 Å². The van der Waals surface area contributed by atoms with Gasteiger partial charge in [0.15, 0.2) is 5.82 Å². The van der Waals surface area contributed by atoms with Crippen molar-refractivity contribution < 1.29 is 37.5 Å². The van der Waals surface area contributed by atoms with E-state index in [0.29, 0.717) is 80.3 Å². The van der Waals surface area contributed by atoms with Crippen molar-refractivity contribution in [3.63, 3.8) is 0 Å². The maximum atomic E-state index is 14.7. The van der Waals surface area contributed by atoms with Gasteiger partial charge in [-0.3, -0.25) is 48.3 Å². The predicted molar refractivity (Wildman–Crippen MR) is 212 cm³/mol. The molecule has 2 fully saturated rings. The number of alkyl halides is 2. The van der Waals surface area contributed by atoms with Crippen LogP contribution < -0.4 is 15.5 Å². The average Bonchev–Trinajstić information content (AvgIpc) is 3.92. The van der Waals surface area contributed by atoms with Gasteiger partial charge < -0.3 is 20.0 Å². The number of likely N-dealkylation sites (tertiary alicyclic amines) is 1. The number of amides is 6. The van der Waals surface area contributed by atoms with E-state index in [4.69, 9.17) is 5.10 Å². The number of fused-ring (bicyclic) bond motifs is 3. The third kappa shape index (κ3) is 6.86. The molecule has 60 heavy (non-hydrogen) atoms. The van der Waals surface area contributed by atoms with Crippen molar-refractivity contribution in [2.75, 3.05) is 42.9 Å². The lowest BCUT2D eigenvalue weighted by molar-refractivity contribution is -0.136. The number of hydrogen-bond donors (Lipinski definition) is 2. The number of hydrogen-bond acceptors (Lipinski definition) is 10. The van der Waals surface area contributed by atoms with Crippen LogP contribution in [0.15, 0.2) is 42.7 Å². The number of piperidine rings is 2. The molecule has 0 bridgehead atoms. The number of nitrogens with one attached hydrogen (secondary N) is 2. The zero-order valence-corrected chi connectivity index (χ0v) is 33.2. The van der Waals surface area contributed by atoms with Crippen molar-refractivity contribution in [1.29, 1.82) is 0 Å². The highest BCUT2D eigenvalue weighted by Crippen LogP contribution is 2.44. The number of aromatic nitrogens is 4. The Kier molecular flexibility index (Phi) is 9.94. The first kappa shape index (κ1) is 39.0. The lowest BCUT2D eigenvalue weighted by atomic mass is 9.92. The maximum Gasteiger partial charge on any atom is 0.264 e. The Balaban J connectivity index is 0.903. The van der Waals surface area contributed by atoms with Crippen LogP contribution in [0.3, 0.4) is 0 Å². The summed E-state index contributed by atoms with van der Waals surface area (Å²) in [5, 5.41) is 14.7. The van der Waals surface area contributed by atoms with Gasteiger partial charge in [0.1, 0.15) is 6.04 Å². The first-order chi connectivity index (χ1) is 28.9. The summed E-state index contributed by atoms with van der Waals surface area (Å²) in [4.78, 5) is 83.0. The lowest BCUT2D eigenvalue weighted by Crippen LogP contribution is -2.54. The highest BCUT2D eigenvalue weighted by atomic mass is 19.3. The lowest BCUT2D eigenvalue weighted by Gasteiger charge is -2.34. The number of nitrogens with zero attached hydrogens (tertiary/aromatic N) is 8. The van der Waals surface area contributed by atoms with Crippen molar-refractivity contribution in [2.24, 2.45) is 7.05 Å². The summed E-state index contributed by atoms with van der Waals surface area (Å²) < 4.78 is 33.0. The number of aryl methyl sites for hydroxylation is 2. The molecule has 0 saturated carbocycles. The van der Waals surface area contributed by atoms with Crippen molar-refractivity contribution in [2.45, 2.75) is 76.9 Å². The van der Waals surface area contributed by atoms with Crippen molar-refractivity contribution in [3.05, 3.63) is 76.2 Å². The Labute approximate surface area is 343 Å². The molecule has 0 radical (unpaired) electrons. The van der Waals surface area contributed by atoms with Gasteiger partial charge >= 0.3 is 0 Å². The minimum atomic E-state index is -2.71. The van der Waals surface area contributed by atoms with Gasteiger partial charge in [0, 0.05) is 92.9 Å². The molecule has 4 aromatic rings. The molecule has 2 aromatic carbocycles. The Morgan fingerprint density at radius 2 is 1.70 bits per heavy atom. The third-order valence-corrected chi connectivity index (χ3v) is 12.4. The number of benzene rings is 2. The molecule has 1 atom stereocenters. The minimum Gasteiger partial charge on any atom is -0.376 e. The molecule has 7 heterocycles. The second-order valence-electron chi connectivity index (χ2n) is 16.1. The normalized spacial score (nSPS) is 19.4. The fraction of sp³-hybridized carbons (Fsp3) is 0.429. The number of halogens is 2. The summed E-state index contributed by atoms with van der Waals surface area (Å²) >= 11 is 0. The Hall–Kier alpha value is -6.46. The standard InChI is InChI=1S/C42H44F2N10O6/c1-23(55)51-15-11-33-32(22-51)39(52-12-3-4-24-16-29(25-19-46-49(2)21-25)30(38(43)44)18-35(24)52)48-54(33)27-9-13-50(14-10-27)37(57)20-45-26-5-6-28-31(17-26)42(60)53(41(28)59)34-7-8-36(56)47-40(34)58/h5-6,16-19,21,27,34,38,45H,3-4,7-15,20,22H2,1-2H3,(H,47,56,58). The number of imide groups is 2. The van der Waals surface area contributed by atoms with Gasteiger partial charge in [0.25, 0.3) is 18.2 Å². The second kappa shape index (κ2) is 15.3. The summed E-state index contributed by atoms with van der Waals surface area (Å²) in [6, 6.07) is 6.95. The molecule has 1 unspecified atom stereocenters. The zero-order valence-electron chi connectivity index (χ0n) is 33.2. The average molecular weight is 823 g/mol. The summed E-state index contributed by atoms with van der Waals surface area (Å²) in [6.07, 6.45) is 4.06. The highest BCUT2D eigenvalue weighted by Gasteiger charge is 2.45. The van der Waals surface area contributed by atoms with Crippen LogP contribution in [0.25, 0.3) is 11.1 Å². The molecule has 9 rings (SSSR count). The van der Waals surface area contributed by atoms with Crippen molar-refractivity contribution >= 4 is 52.6 Å². The van der Waals surface area contributed by atoms with Gasteiger partial charge in [0.05, 0.1) is 36.5 Å². The van der Waals surface area contributed by atoms with Crippen LogP contribution in [0.2, 0.25) is 0 Å². The van der Waals surface area contributed by atoms with Crippen LogP contribution in [0.5, 0.6) is 0 Å². The molecule has 5 aliphatic heterocycles. The van der Waals surface area contributed by atoms with E-state index in [9.17, 15) is 37.5 Å². The molecule has 16 nitrogen and oxygen atoms in total. The van der Waals surface area contributed by atoms with Gasteiger partial charge in [-0.2, -0.15) is 10.2 Å². The molecular weight excluding hydrogens is 779 g/mol. The number of carbonyl (C=O) groups excluding carboxylic acids is 6. The van der Waals surface area contributed by atoms with E-state index in [-0.39, 0.29) is 53.9 Å². The molecule has 0 aliphatic carbocycles. The maximum absolute atomic E-state index is 14.7. The van der Waals surface area contributed by atoms with Gasteiger partial charge in [0.2, 0.25) is 23.6 Å². The van der Waals surface area contributed by atoms with E-state index >= 15 is 0 Å². The first-order valence-corrected chi connectivity index (χ1v) is 20.3.